The van der Waals surface area contributed by atoms with E-state index in [-0.39, 0.29) is 16.0 Å². The lowest BCUT2D eigenvalue weighted by Gasteiger charge is -2.31. The van der Waals surface area contributed by atoms with Gasteiger partial charge in [0.05, 0.1) is 22.7 Å². The van der Waals surface area contributed by atoms with E-state index in [9.17, 15) is 24.3 Å². The first-order chi connectivity index (χ1) is 18.9. The van der Waals surface area contributed by atoms with Gasteiger partial charge in [-0.3, -0.25) is 14.4 Å². The van der Waals surface area contributed by atoms with E-state index in [1.807, 2.05) is 30.4 Å². The number of carbonyl (C=O) groups excluding carboxylic acids is 4. The first-order valence-corrected chi connectivity index (χ1v) is 15.7. The van der Waals surface area contributed by atoms with E-state index < -0.39 is 48.1 Å². The van der Waals surface area contributed by atoms with Gasteiger partial charge in [0.2, 0.25) is 11.8 Å². The van der Waals surface area contributed by atoms with Gasteiger partial charge in [0.15, 0.2) is 12.1 Å². The summed E-state index contributed by atoms with van der Waals surface area (Å²) in [6.07, 6.45) is 1.34. The number of aliphatic hydroxyl groups excluding tert-OH is 1. The molecule has 3 amide bonds. The van der Waals surface area contributed by atoms with Crippen LogP contribution in [0.4, 0.5) is 0 Å². The van der Waals surface area contributed by atoms with Crippen molar-refractivity contribution < 1.29 is 29.0 Å². The molecule has 2 saturated heterocycles. The molecule has 2 unspecified atom stereocenters. The average molecular weight is 595 g/mol. The van der Waals surface area contributed by atoms with Crippen molar-refractivity contribution in [1.29, 1.82) is 0 Å². The van der Waals surface area contributed by atoms with Crippen LogP contribution in [0.2, 0.25) is 0 Å². The average Bonchev–Trinajstić information content (AvgIpc) is 3.32. The second-order valence-corrected chi connectivity index (χ2v) is 14.3. The van der Waals surface area contributed by atoms with Crippen LogP contribution in [0.3, 0.4) is 0 Å². The van der Waals surface area contributed by atoms with E-state index in [2.05, 4.69) is 21.3 Å². The van der Waals surface area contributed by atoms with Crippen LogP contribution in [0.5, 0.6) is 0 Å². The molecule has 2 aliphatic heterocycles. The number of nitrogens with one attached hydrogen (secondary N) is 4. The smallest absolute Gasteiger partial charge is 0.333 e. The van der Waals surface area contributed by atoms with E-state index in [1.165, 1.54) is 6.42 Å². The number of hydrogen-bond donors (Lipinski definition) is 5. The van der Waals surface area contributed by atoms with Crippen LogP contribution in [-0.4, -0.2) is 81.3 Å². The van der Waals surface area contributed by atoms with Crippen LogP contribution < -0.4 is 21.3 Å². The zero-order valence-corrected chi connectivity index (χ0v) is 25.3. The molecule has 0 radical (unpaired) electrons. The summed E-state index contributed by atoms with van der Waals surface area (Å²) in [4.78, 5) is 51.3. The van der Waals surface area contributed by atoms with Crippen molar-refractivity contribution in [3.8, 4) is 0 Å². The minimum atomic E-state index is -1.54. The molecule has 0 aromatic heterocycles. The quantitative estimate of drug-likeness (QED) is 0.242. The number of rotatable bonds is 11. The molecule has 40 heavy (non-hydrogen) atoms. The zero-order valence-electron chi connectivity index (χ0n) is 23.7. The van der Waals surface area contributed by atoms with E-state index in [1.54, 1.807) is 51.1 Å². The Morgan fingerprint density at radius 1 is 1.12 bits per heavy atom. The van der Waals surface area contributed by atoms with Crippen molar-refractivity contribution in [2.24, 2.45) is 0 Å². The van der Waals surface area contributed by atoms with Gasteiger partial charge in [0.1, 0.15) is 5.60 Å². The number of carbonyl (C=O) groups is 4. The molecule has 1 aromatic carbocycles. The van der Waals surface area contributed by atoms with E-state index in [0.717, 1.165) is 18.1 Å². The molecule has 0 saturated carbocycles. The lowest BCUT2D eigenvalue weighted by Crippen LogP contribution is -2.54. The van der Waals surface area contributed by atoms with Gasteiger partial charge < -0.3 is 31.1 Å². The van der Waals surface area contributed by atoms with Crippen molar-refractivity contribution >= 4 is 47.2 Å². The van der Waals surface area contributed by atoms with Gasteiger partial charge >= 0.3 is 5.97 Å². The third-order valence-corrected chi connectivity index (χ3v) is 9.92. The Hall–Kier alpha value is -2.28. The standard InChI is InChI=1S/C28H42N4O6S2/c1-5-10-19(31-24(35)20-15-28(17-30-20)39-13-9-14-40-28)23(34)25(36)29-16-21(33)32-22(18-11-7-6-8-12-18)26(37)38-27(2,3)4/h6-8,11-12,19-20,22-23,30,34H,5,9-10,13-17H2,1-4H3,(H,29,36)(H,31,35)(H,32,33)/t19?,20-,22-,23?/m0/s1. The number of aliphatic hydroxyl groups is 1. The molecule has 2 heterocycles. The molecule has 2 aliphatic rings. The number of esters is 1. The minimum absolute atomic E-state index is 0.000769. The normalized spacial score (nSPS) is 20.7. The number of hydrogen-bond acceptors (Lipinski definition) is 9. The van der Waals surface area contributed by atoms with Gasteiger partial charge in [-0.2, -0.15) is 0 Å². The van der Waals surface area contributed by atoms with Gasteiger partial charge in [-0.15, -0.1) is 23.5 Å². The second kappa shape index (κ2) is 14.6. The summed E-state index contributed by atoms with van der Waals surface area (Å²) in [5.41, 5.74) is -0.219. The molecule has 1 aromatic rings. The van der Waals surface area contributed by atoms with Crippen LogP contribution in [0, 0.1) is 0 Å². The third kappa shape index (κ3) is 9.39. The molecule has 2 fully saturated rings. The largest absolute Gasteiger partial charge is 0.458 e. The second-order valence-electron chi connectivity index (χ2n) is 11.1. The fourth-order valence-electron chi connectivity index (χ4n) is 4.61. The molecule has 5 N–H and O–H groups in total. The molecular formula is C28H42N4O6S2. The van der Waals surface area contributed by atoms with Crippen LogP contribution in [0.25, 0.3) is 0 Å². The van der Waals surface area contributed by atoms with Crippen LogP contribution in [0.15, 0.2) is 30.3 Å². The monoisotopic (exact) mass is 594 g/mol. The van der Waals surface area contributed by atoms with Crippen LogP contribution in [-0.2, 0) is 23.9 Å². The molecule has 4 atom stereocenters. The van der Waals surface area contributed by atoms with E-state index >= 15 is 0 Å². The summed E-state index contributed by atoms with van der Waals surface area (Å²) < 4.78 is 5.47. The van der Waals surface area contributed by atoms with Gasteiger partial charge in [-0.1, -0.05) is 43.7 Å². The van der Waals surface area contributed by atoms with Gasteiger partial charge in [-0.25, -0.2) is 4.79 Å². The number of thioether (sulfide) groups is 2. The Labute approximate surface area is 244 Å². The Balaban J connectivity index is 1.55. The lowest BCUT2D eigenvalue weighted by molar-refractivity contribution is -0.158. The fourth-order valence-corrected chi connectivity index (χ4v) is 7.89. The topological polar surface area (TPSA) is 146 Å². The molecule has 1 spiro atoms. The number of benzene rings is 1. The zero-order chi connectivity index (χ0) is 29.3. The molecule has 12 heteroatoms. The SMILES string of the molecule is CCCC(NC(=O)[C@@H]1CC2(CN1)SCCCS2)C(O)C(=O)NCC(=O)N[C@H](C(=O)OC(C)(C)C)c1ccccc1. The molecule has 10 nitrogen and oxygen atoms in total. The van der Waals surface area contributed by atoms with Crippen molar-refractivity contribution in [1.82, 2.24) is 21.3 Å². The summed E-state index contributed by atoms with van der Waals surface area (Å²) in [5, 5.41) is 22.0. The van der Waals surface area contributed by atoms with Crippen molar-refractivity contribution in [3.05, 3.63) is 35.9 Å². The highest BCUT2D eigenvalue weighted by atomic mass is 32.2. The molecule has 0 bridgehead atoms. The van der Waals surface area contributed by atoms with Crippen molar-refractivity contribution in [2.45, 2.75) is 87.3 Å². The molecular weight excluding hydrogens is 552 g/mol. The summed E-state index contributed by atoms with van der Waals surface area (Å²) >= 11 is 3.78. The Morgan fingerprint density at radius 2 is 1.80 bits per heavy atom. The molecule has 0 aliphatic carbocycles. The Morgan fingerprint density at radius 3 is 2.42 bits per heavy atom. The highest BCUT2D eigenvalue weighted by Crippen LogP contribution is 2.47. The van der Waals surface area contributed by atoms with Crippen LogP contribution >= 0.6 is 23.5 Å². The highest BCUT2D eigenvalue weighted by molar-refractivity contribution is 8.18. The maximum Gasteiger partial charge on any atom is 0.333 e. The lowest BCUT2D eigenvalue weighted by atomic mass is 10.0. The summed E-state index contributed by atoms with van der Waals surface area (Å²) in [6, 6.07) is 6.42. The molecule has 3 rings (SSSR count). The fraction of sp³-hybridized carbons (Fsp3) is 0.643. The molecule has 222 valence electrons. The van der Waals surface area contributed by atoms with Gasteiger partial charge in [0.25, 0.3) is 5.91 Å². The first kappa shape index (κ1) is 32.2. The summed E-state index contributed by atoms with van der Waals surface area (Å²) in [5.74, 6) is -0.113. The Kier molecular flexibility index (Phi) is 11.7. The van der Waals surface area contributed by atoms with Gasteiger partial charge in [0, 0.05) is 6.54 Å². The number of ether oxygens (including phenoxy) is 1. The highest BCUT2D eigenvalue weighted by Gasteiger charge is 2.44. The maximum atomic E-state index is 13.0. The van der Waals surface area contributed by atoms with E-state index in [4.69, 9.17) is 4.74 Å². The third-order valence-electron chi connectivity index (χ3n) is 6.55. The minimum Gasteiger partial charge on any atom is -0.458 e. The Bertz CT molecular complexity index is 1030. The van der Waals surface area contributed by atoms with Crippen molar-refractivity contribution in [2.75, 3.05) is 24.6 Å². The number of amides is 3. The predicted molar refractivity (Wildman–Crippen MR) is 158 cm³/mol. The van der Waals surface area contributed by atoms with E-state index in [0.29, 0.717) is 24.8 Å². The summed E-state index contributed by atoms with van der Waals surface area (Å²) in [7, 11) is 0. The maximum absolute atomic E-state index is 13.0. The predicted octanol–water partition coefficient (Wildman–Crippen LogP) is 1.88. The first-order valence-electron chi connectivity index (χ1n) is 13.8. The summed E-state index contributed by atoms with van der Waals surface area (Å²) in [6.45, 7) is 7.37. The van der Waals surface area contributed by atoms with Crippen LogP contribution in [0.1, 0.15) is 65.0 Å². The van der Waals surface area contributed by atoms with Gasteiger partial charge in [-0.05, 0) is 57.1 Å². The van der Waals surface area contributed by atoms with Crippen molar-refractivity contribution in [3.63, 3.8) is 0 Å².